The number of rotatable bonds is 5. The second-order valence-electron chi connectivity index (χ2n) is 8.05. The molecule has 3 nitrogen and oxygen atoms in total. The summed E-state index contributed by atoms with van der Waals surface area (Å²) in [5.74, 6) is 1.87. The Labute approximate surface area is 188 Å². The summed E-state index contributed by atoms with van der Waals surface area (Å²) in [5.41, 5.74) is 3.18. The van der Waals surface area contributed by atoms with Gasteiger partial charge in [0.2, 0.25) is 0 Å². The maximum absolute atomic E-state index is 6.11. The first-order chi connectivity index (χ1) is 14.5. The summed E-state index contributed by atoms with van der Waals surface area (Å²) in [6, 6.07) is 27.2. The minimum atomic E-state index is -0.236. The average Bonchev–Trinajstić information content (AvgIpc) is 2.73. The summed E-state index contributed by atoms with van der Waals surface area (Å²) in [6.07, 6.45) is 0.849. The van der Waals surface area contributed by atoms with Gasteiger partial charge in [-0.3, -0.25) is 0 Å². The molecule has 1 aliphatic rings. The molecule has 154 valence electrons. The topological polar surface area (TPSA) is 33.3 Å². The number of hydrogen-bond acceptors (Lipinski definition) is 3. The largest absolute Gasteiger partial charge is 0.487 e. The van der Waals surface area contributed by atoms with Crippen molar-refractivity contribution in [1.29, 1.82) is 0 Å². The Morgan fingerprint density at radius 1 is 1.00 bits per heavy atom. The van der Waals surface area contributed by atoms with Crippen molar-refractivity contribution in [2.75, 3.05) is 5.32 Å². The van der Waals surface area contributed by atoms with E-state index < -0.39 is 0 Å². The molecule has 0 spiro atoms. The van der Waals surface area contributed by atoms with Crippen molar-refractivity contribution in [1.82, 2.24) is 5.32 Å². The number of fused-ring (bicyclic) bond motifs is 1. The highest BCUT2D eigenvalue weighted by molar-refractivity contribution is 7.98. The number of nitrogens with one attached hydrogen (secondary N) is 2. The molecule has 0 saturated carbocycles. The van der Waals surface area contributed by atoms with E-state index in [2.05, 4.69) is 79.1 Å². The molecule has 0 aliphatic carbocycles. The quantitative estimate of drug-likeness (QED) is 0.351. The molecule has 0 aromatic heterocycles. The lowest BCUT2D eigenvalue weighted by Gasteiger charge is -2.38. The van der Waals surface area contributed by atoms with Crippen LogP contribution >= 0.6 is 24.0 Å². The summed E-state index contributed by atoms with van der Waals surface area (Å²) >= 11 is 7.44. The van der Waals surface area contributed by atoms with Crippen LogP contribution in [0.25, 0.3) is 0 Å². The van der Waals surface area contributed by atoms with Crippen LogP contribution in [0.3, 0.4) is 0 Å². The molecule has 5 heteroatoms. The highest BCUT2D eigenvalue weighted by Gasteiger charge is 2.33. The fourth-order valence-electron chi connectivity index (χ4n) is 3.62. The van der Waals surface area contributed by atoms with Crippen LogP contribution in [0.4, 0.5) is 5.69 Å². The van der Waals surface area contributed by atoms with Crippen LogP contribution in [0.15, 0.2) is 83.8 Å². The number of thiocarbonyl (C=S) groups is 1. The minimum absolute atomic E-state index is 0.117. The molecule has 0 unspecified atom stereocenters. The summed E-state index contributed by atoms with van der Waals surface area (Å²) in [5, 5.41) is 7.42. The molecule has 4 rings (SSSR count). The van der Waals surface area contributed by atoms with E-state index in [4.69, 9.17) is 17.0 Å². The van der Waals surface area contributed by atoms with Gasteiger partial charge in [-0.2, -0.15) is 0 Å². The van der Waals surface area contributed by atoms with Gasteiger partial charge in [0.05, 0.1) is 6.04 Å². The van der Waals surface area contributed by atoms with Gasteiger partial charge < -0.3 is 15.4 Å². The molecule has 0 radical (unpaired) electrons. The molecule has 0 bridgehead atoms. The van der Waals surface area contributed by atoms with Crippen molar-refractivity contribution >= 4 is 34.8 Å². The number of ether oxygens (including phenoxy) is 1. The van der Waals surface area contributed by atoms with E-state index in [0.29, 0.717) is 5.11 Å². The lowest BCUT2D eigenvalue weighted by molar-refractivity contribution is 0.0697. The SMILES string of the molecule is CC1(C)C[C@@H](NC(=S)Nc2ccc(CSc3ccccc3)cc2)c2ccccc2O1. The van der Waals surface area contributed by atoms with Gasteiger partial charge in [-0.15, -0.1) is 11.8 Å². The second kappa shape index (κ2) is 9.11. The lowest BCUT2D eigenvalue weighted by Crippen LogP contribution is -2.42. The predicted molar refractivity (Wildman–Crippen MR) is 130 cm³/mol. The maximum Gasteiger partial charge on any atom is 0.171 e. The molecule has 3 aromatic carbocycles. The Bertz CT molecular complexity index is 1000. The molecule has 30 heavy (non-hydrogen) atoms. The van der Waals surface area contributed by atoms with Crippen LogP contribution in [0.2, 0.25) is 0 Å². The third kappa shape index (κ3) is 5.35. The van der Waals surface area contributed by atoms with E-state index in [9.17, 15) is 0 Å². The van der Waals surface area contributed by atoms with Crippen molar-refractivity contribution in [3.05, 3.63) is 90.0 Å². The molecule has 3 aromatic rings. The van der Waals surface area contributed by atoms with Crippen LogP contribution in [-0.2, 0) is 5.75 Å². The average molecular weight is 435 g/mol. The van der Waals surface area contributed by atoms with Gasteiger partial charge in [0.25, 0.3) is 0 Å². The number of thioether (sulfide) groups is 1. The molecule has 2 N–H and O–H groups in total. The van der Waals surface area contributed by atoms with Gasteiger partial charge in [0.15, 0.2) is 5.11 Å². The number of benzene rings is 3. The summed E-state index contributed by atoms with van der Waals surface area (Å²) < 4.78 is 6.11. The van der Waals surface area contributed by atoms with Crippen molar-refractivity contribution in [3.8, 4) is 5.75 Å². The van der Waals surface area contributed by atoms with Crippen molar-refractivity contribution in [3.63, 3.8) is 0 Å². The Hall–Kier alpha value is -2.50. The lowest BCUT2D eigenvalue weighted by atomic mass is 9.90. The van der Waals surface area contributed by atoms with Gasteiger partial charge in [0, 0.05) is 28.3 Å². The zero-order valence-electron chi connectivity index (χ0n) is 17.2. The standard InChI is InChI=1S/C25H26N2OS2/c1-25(2)16-22(21-10-6-7-11-23(21)28-25)27-24(29)26-19-14-12-18(13-15-19)17-30-20-8-4-3-5-9-20/h3-15,22H,16-17H2,1-2H3,(H2,26,27,29)/t22-/m1/s1. The van der Waals surface area contributed by atoms with E-state index in [0.717, 1.165) is 29.2 Å². The van der Waals surface area contributed by atoms with Crippen LogP contribution in [0, 0.1) is 0 Å². The van der Waals surface area contributed by atoms with Crippen LogP contribution in [-0.4, -0.2) is 10.7 Å². The van der Waals surface area contributed by atoms with E-state index in [1.165, 1.54) is 10.5 Å². The molecular weight excluding hydrogens is 408 g/mol. The predicted octanol–water partition coefficient (Wildman–Crippen LogP) is 6.57. The summed E-state index contributed by atoms with van der Waals surface area (Å²) in [4.78, 5) is 1.28. The summed E-state index contributed by atoms with van der Waals surface area (Å²) in [6.45, 7) is 4.22. The van der Waals surface area contributed by atoms with E-state index in [1.54, 1.807) is 0 Å². The maximum atomic E-state index is 6.11. The highest BCUT2D eigenvalue weighted by Crippen LogP contribution is 2.39. The fraction of sp³-hybridized carbons (Fsp3) is 0.240. The first kappa shape index (κ1) is 20.8. The first-order valence-electron chi connectivity index (χ1n) is 10.1. The Balaban J connectivity index is 1.35. The second-order valence-corrected chi connectivity index (χ2v) is 9.51. The normalized spacial score (nSPS) is 16.8. The molecule has 0 fully saturated rings. The monoisotopic (exact) mass is 434 g/mol. The third-order valence-electron chi connectivity index (χ3n) is 5.04. The van der Waals surface area contributed by atoms with Crippen molar-refractivity contribution in [2.45, 2.75) is 42.6 Å². The van der Waals surface area contributed by atoms with Crippen LogP contribution < -0.4 is 15.4 Å². The summed E-state index contributed by atoms with van der Waals surface area (Å²) in [7, 11) is 0. The van der Waals surface area contributed by atoms with Crippen molar-refractivity contribution in [2.24, 2.45) is 0 Å². The highest BCUT2D eigenvalue weighted by atomic mass is 32.2. The minimum Gasteiger partial charge on any atom is -0.487 e. The number of hydrogen-bond donors (Lipinski definition) is 2. The number of anilines is 1. The van der Waals surface area contributed by atoms with Crippen LogP contribution in [0.5, 0.6) is 5.75 Å². The zero-order chi connectivity index (χ0) is 21.0. The smallest absolute Gasteiger partial charge is 0.171 e. The van der Waals surface area contributed by atoms with Gasteiger partial charge in [-0.1, -0.05) is 48.5 Å². The molecule has 1 heterocycles. The zero-order valence-corrected chi connectivity index (χ0v) is 18.9. The molecular formula is C25H26N2OS2. The van der Waals surface area contributed by atoms with Gasteiger partial charge in [0.1, 0.15) is 11.4 Å². The first-order valence-corrected chi connectivity index (χ1v) is 11.5. The number of para-hydroxylation sites is 1. The third-order valence-corrected chi connectivity index (χ3v) is 6.35. The molecule has 0 amide bonds. The van der Waals surface area contributed by atoms with E-state index in [1.807, 2.05) is 36.0 Å². The van der Waals surface area contributed by atoms with Gasteiger partial charge >= 0.3 is 0 Å². The van der Waals surface area contributed by atoms with E-state index in [-0.39, 0.29) is 11.6 Å². The van der Waals surface area contributed by atoms with E-state index >= 15 is 0 Å². The molecule has 1 atom stereocenters. The van der Waals surface area contributed by atoms with Gasteiger partial charge in [-0.05, 0) is 62.0 Å². The van der Waals surface area contributed by atoms with Gasteiger partial charge in [-0.25, -0.2) is 0 Å². The van der Waals surface area contributed by atoms with Crippen molar-refractivity contribution < 1.29 is 4.74 Å². The molecule has 0 saturated heterocycles. The fourth-order valence-corrected chi connectivity index (χ4v) is 4.76. The Morgan fingerprint density at radius 2 is 1.70 bits per heavy atom. The van der Waals surface area contributed by atoms with Crippen LogP contribution in [0.1, 0.15) is 37.4 Å². The Kier molecular flexibility index (Phi) is 6.30. The Morgan fingerprint density at radius 3 is 2.47 bits per heavy atom. The molecule has 1 aliphatic heterocycles.